The number of nitrogens with one attached hydrogen (secondary N) is 1. The summed E-state index contributed by atoms with van der Waals surface area (Å²) >= 11 is 0. The lowest BCUT2D eigenvalue weighted by Gasteiger charge is -2.32. The van der Waals surface area contributed by atoms with Gasteiger partial charge in [0.05, 0.1) is 0 Å². The number of nitrogens with zero attached hydrogens (tertiary/aromatic N) is 3. The van der Waals surface area contributed by atoms with Crippen LogP contribution >= 0.6 is 0 Å². The van der Waals surface area contributed by atoms with Crippen LogP contribution in [0.25, 0.3) is 0 Å². The van der Waals surface area contributed by atoms with Gasteiger partial charge in [0.25, 0.3) is 5.91 Å². The number of carbonyl (C=O) groups excluding carboxylic acids is 1. The van der Waals surface area contributed by atoms with E-state index in [2.05, 4.69) is 39.2 Å². The van der Waals surface area contributed by atoms with Crippen molar-refractivity contribution in [1.82, 2.24) is 4.98 Å². The van der Waals surface area contributed by atoms with Crippen LogP contribution in [0.2, 0.25) is 0 Å². The molecule has 0 bridgehead atoms. The van der Waals surface area contributed by atoms with Crippen LogP contribution in [0.3, 0.4) is 0 Å². The highest BCUT2D eigenvalue weighted by Gasteiger charge is 2.17. The third-order valence-electron chi connectivity index (χ3n) is 5.72. The molecule has 1 aromatic heterocycles. The summed E-state index contributed by atoms with van der Waals surface area (Å²) < 4.78 is 0. The summed E-state index contributed by atoms with van der Waals surface area (Å²) in [7, 11) is 0. The largest absolute Gasteiger partial charge is 0.372 e. The quantitative estimate of drug-likeness (QED) is 0.884. The number of anilines is 3. The van der Waals surface area contributed by atoms with Crippen LogP contribution in [0.5, 0.6) is 0 Å². The lowest BCUT2D eigenvalue weighted by atomic mass is 9.99. The number of hydrogen-bond acceptors (Lipinski definition) is 4. The van der Waals surface area contributed by atoms with Gasteiger partial charge in [-0.2, -0.15) is 0 Å². The van der Waals surface area contributed by atoms with E-state index in [4.69, 9.17) is 0 Å². The average Bonchev–Trinajstić information content (AvgIpc) is 3.24. The van der Waals surface area contributed by atoms with E-state index in [1.165, 1.54) is 31.4 Å². The molecule has 5 nitrogen and oxygen atoms in total. The summed E-state index contributed by atoms with van der Waals surface area (Å²) in [5.74, 6) is 0.666. The molecule has 0 saturated carbocycles. The first-order valence-corrected chi connectivity index (χ1v) is 10.1. The second kappa shape index (κ2) is 7.99. The van der Waals surface area contributed by atoms with Crippen molar-refractivity contribution < 1.29 is 4.79 Å². The molecule has 2 aliphatic rings. The minimum Gasteiger partial charge on any atom is -0.372 e. The lowest BCUT2D eigenvalue weighted by Crippen LogP contribution is -2.32. The highest BCUT2D eigenvalue weighted by atomic mass is 16.1. The molecule has 2 aliphatic heterocycles. The van der Waals surface area contributed by atoms with E-state index in [1.54, 1.807) is 6.20 Å². The topological polar surface area (TPSA) is 48.5 Å². The second-order valence-electron chi connectivity index (χ2n) is 7.76. The van der Waals surface area contributed by atoms with Gasteiger partial charge >= 0.3 is 0 Å². The van der Waals surface area contributed by atoms with Crippen molar-refractivity contribution in [1.29, 1.82) is 0 Å². The maximum atomic E-state index is 12.6. The van der Waals surface area contributed by atoms with E-state index in [0.717, 1.165) is 43.5 Å². The Balaban J connectivity index is 1.40. The maximum Gasteiger partial charge on any atom is 0.274 e. The molecule has 0 atom stereocenters. The van der Waals surface area contributed by atoms with Gasteiger partial charge in [-0.05, 0) is 68.0 Å². The van der Waals surface area contributed by atoms with Gasteiger partial charge in [0.15, 0.2) is 0 Å². The standard InChI is InChI=1S/C22H28N4O/c1-17-9-14-26(15-10-17)19-6-4-18(5-7-19)24-22(27)21-16-20(8-11-23-21)25-12-2-3-13-25/h4-8,11,16-17H,2-3,9-10,12-15H2,1H3,(H,24,27). The van der Waals surface area contributed by atoms with Crippen LogP contribution in [0.1, 0.15) is 43.1 Å². The van der Waals surface area contributed by atoms with Crippen molar-refractivity contribution in [3.8, 4) is 0 Å². The molecule has 1 N–H and O–H groups in total. The Morgan fingerprint density at radius 1 is 0.963 bits per heavy atom. The summed E-state index contributed by atoms with van der Waals surface area (Å²) in [5.41, 5.74) is 3.59. The first-order valence-electron chi connectivity index (χ1n) is 10.1. The number of rotatable bonds is 4. The minimum absolute atomic E-state index is 0.157. The molecule has 2 aromatic rings. The van der Waals surface area contributed by atoms with Crippen LogP contribution in [-0.4, -0.2) is 37.1 Å². The van der Waals surface area contributed by atoms with E-state index in [1.807, 2.05) is 24.3 Å². The van der Waals surface area contributed by atoms with Crippen LogP contribution in [0.4, 0.5) is 17.1 Å². The van der Waals surface area contributed by atoms with Crippen LogP contribution in [0, 0.1) is 5.92 Å². The molecule has 0 spiro atoms. The zero-order valence-electron chi connectivity index (χ0n) is 16.0. The Morgan fingerprint density at radius 3 is 2.33 bits per heavy atom. The number of piperidine rings is 1. The first kappa shape index (κ1) is 17.8. The molecule has 0 unspecified atom stereocenters. The summed E-state index contributed by atoms with van der Waals surface area (Å²) in [5, 5.41) is 2.97. The fourth-order valence-electron chi connectivity index (χ4n) is 3.93. The van der Waals surface area contributed by atoms with Crippen molar-refractivity contribution in [3.05, 3.63) is 48.3 Å². The van der Waals surface area contributed by atoms with E-state index < -0.39 is 0 Å². The number of pyridine rings is 1. The molecule has 142 valence electrons. The molecule has 1 aromatic carbocycles. The zero-order valence-corrected chi connectivity index (χ0v) is 16.0. The van der Waals surface area contributed by atoms with Gasteiger partial charge in [0, 0.05) is 49.4 Å². The van der Waals surface area contributed by atoms with Crippen molar-refractivity contribution >= 4 is 23.0 Å². The zero-order chi connectivity index (χ0) is 18.6. The van der Waals surface area contributed by atoms with Crippen LogP contribution in [0.15, 0.2) is 42.6 Å². The van der Waals surface area contributed by atoms with Gasteiger partial charge in [-0.25, -0.2) is 0 Å². The molecule has 27 heavy (non-hydrogen) atoms. The second-order valence-corrected chi connectivity index (χ2v) is 7.76. The monoisotopic (exact) mass is 364 g/mol. The van der Waals surface area contributed by atoms with E-state index in [-0.39, 0.29) is 5.91 Å². The van der Waals surface area contributed by atoms with Gasteiger partial charge in [-0.1, -0.05) is 6.92 Å². The lowest BCUT2D eigenvalue weighted by molar-refractivity contribution is 0.102. The number of amides is 1. The molecule has 0 radical (unpaired) electrons. The molecule has 5 heteroatoms. The van der Waals surface area contributed by atoms with Gasteiger partial charge < -0.3 is 15.1 Å². The SMILES string of the molecule is CC1CCN(c2ccc(NC(=O)c3cc(N4CCCC4)ccn3)cc2)CC1. The predicted molar refractivity (Wildman–Crippen MR) is 111 cm³/mol. The van der Waals surface area contributed by atoms with Crippen molar-refractivity contribution in [2.24, 2.45) is 5.92 Å². The van der Waals surface area contributed by atoms with Gasteiger partial charge in [0.1, 0.15) is 5.69 Å². The third kappa shape index (κ3) is 4.24. The molecule has 3 heterocycles. The van der Waals surface area contributed by atoms with Gasteiger partial charge in [-0.3, -0.25) is 9.78 Å². The Labute approximate surface area is 161 Å². The summed E-state index contributed by atoms with van der Waals surface area (Å²) in [6.07, 6.45) is 6.65. The highest BCUT2D eigenvalue weighted by molar-refractivity contribution is 6.03. The number of carbonyl (C=O) groups is 1. The van der Waals surface area contributed by atoms with E-state index in [9.17, 15) is 4.79 Å². The van der Waals surface area contributed by atoms with Crippen molar-refractivity contribution in [2.45, 2.75) is 32.6 Å². The van der Waals surface area contributed by atoms with E-state index in [0.29, 0.717) is 5.69 Å². The summed E-state index contributed by atoms with van der Waals surface area (Å²) in [6, 6.07) is 12.0. The Hall–Kier alpha value is -2.56. The normalized spacial score (nSPS) is 18.0. The smallest absolute Gasteiger partial charge is 0.274 e. The molecular formula is C22H28N4O. The summed E-state index contributed by atoms with van der Waals surface area (Å²) in [6.45, 7) is 6.66. The van der Waals surface area contributed by atoms with Crippen LogP contribution < -0.4 is 15.1 Å². The number of benzene rings is 1. The van der Waals surface area contributed by atoms with E-state index >= 15 is 0 Å². The molecule has 4 rings (SSSR count). The third-order valence-corrected chi connectivity index (χ3v) is 5.72. The Morgan fingerprint density at radius 2 is 1.63 bits per heavy atom. The van der Waals surface area contributed by atoms with Crippen molar-refractivity contribution in [2.75, 3.05) is 41.3 Å². The summed E-state index contributed by atoms with van der Waals surface area (Å²) in [4.78, 5) is 21.6. The predicted octanol–water partition coefficient (Wildman–Crippen LogP) is 4.17. The Bertz CT molecular complexity index is 775. The minimum atomic E-state index is -0.157. The Kier molecular flexibility index (Phi) is 5.28. The van der Waals surface area contributed by atoms with Crippen LogP contribution in [-0.2, 0) is 0 Å². The molecule has 1 amide bonds. The fraction of sp³-hybridized carbons (Fsp3) is 0.455. The fourth-order valence-corrected chi connectivity index (χ4v) is 3.93. The molecule has 2 saturated heterocycles. The number of hydrogen-bond donors (Lipinski definition) is 1. The average molecular weight is 364 g/mol. The first-order chi connectivity index (χ1) is 13.2. The van der Waals surface area contributed by atoms with Gasteiger partial charge in [-0.15, -0.1) is 0 Å². The maximum absolute atomic E-state index is 12.6. The molecule has 2 fully saturated rings. The highest BCUT2D eigenvalue weighted by Crippen LogP contribution is 2.25. The van der Waals surface area contributed by atoms with Gasteiger partial charge in [0.2, 0.25) is 0 Å². The number of aromatic nitrogens is 1. The molecule has 0 aliphatic carbocycles. The molecular weight excluding hydrogens is 336 g/mol. The van der Waals surface area contributed by atoms with Crippen molar-refractivity contribution in [3.63, 3.8) is 0 Å².